The molecule has 0 aliphatic carbocycles. The molecule has 0 saturated heterocycles. The standard InChI is InChI=1S/C23H16BrF/c24-23(20-9-5-2-6-10-20)17-21(19-13-15-22(25)16-14-19)12-11-18-7-3-1-4-8-18/h1-10,13-17,21H/b23-17-. The van der Waals surface area contributed by atoms with Crippen LogP contribution >= 0.6 is 15.9 Å². The Balaban J connectivity index is 1.97. The van der Waals surface area contributed by atoms with Gasteiger partial charge in [-0.15, -0.1) is 0 Å². The molecule has 3 aromatic rings. The molecule has 0 radical (unpaired) electrons. The second kappa shape index (κ2) is 8.46. The Kier molecular flexibility index (Phi) is 5.82. The average Bonchev–Trinajstić information content (AvgIpc) is 2.67. The van der Waals surface area contributed by atoms with E-state index in [0.29, 0.717) is 0 Å². The van der Waals surface area contributed by atoms with Gasteiger partial charge >= 0.3 is 0 Å². The van der Waals surface area contributed by atoms with Crippen molar-refractivity contribution in [2.45, 2.75) is 5.92 Å². The minimum Gasteiger partial charge on any atom is -0.207 e. The molecule has 0 saturated carbocycles. The van der Waals surface area contributed by atoms with Crippen LogP contribution in [0.5, 0.6) is 0 Å². The van der Waals surface area contributed by atoms with Gasteiger partial charge in [0.25, 0.3) is 0 Å². The quantitative estimate of drug-likeness (QED) is 0.454. The highest BCUT2D eigenvalue weighted by Crippen LogP contribution is 2.27. The molecule has 0 heterocycles. The molecule has 3 aromatic carbocycles. The number of benzene rings is 3. The molecule has 1 atom stereocenters. The molecule has 0 spiro atoms. The van der Waals surface area contributed by atoms with Crippen molar-refractivity contribution in [1.82, 2.24) is 0 Å². The molecular weight excluding hydrogens is 375 g/mol. The van der Waals surface area contributed by atoms with Crippen LogP contribution in [-0.4, -0.2) is 0 Å². The van der Waals surface area contributed by atoms with E-state index in [1.165, 1.54) is 12.1 Å². The van der Waals surface area contributed by atoms with Crippen molar-refractivity contribution in [3.8, 4) is 11.8 Å². The second-order valence-corrected chi connectivity index (χ2v) is 6.40. The first-order valence-corrected chi connectivity index (χ1v) is 8.76. The van der Waals surface area contributed by atoms with Crippen LogP contribution in [0.15, 0.2) is 91.0 Å². The van der Waals surface area contributed by atoms with Gasteiger partial charge in [-0.2, -0.15) is 0 Å². The van der Waals surface area contributed by atoms with Gasteiger partial charge in [0.2, 0.25) is 0 Å². The third kappa shape index (κ3) is 4.92. The largest absolute Gasteiger partial charge is 0.207 e. The van der Waals surface area contributed by atoms with Crippen molar-refractivity contribution in [3.63, 3.8) is 0 Å². The third-order valence-corrected chi connectivity index (χ3v) is 4.46. The summed E-state index contributed by atoms with van der Waals surface area (Å²) in [6, 6.07) is 26.4. The summed E-state index contributed by atoms with van der Waals surface area (Å²) in [6.07, 6.45) is 2.05. The van der Waals surface area contributed by atoms with Crippen molar-refractivity contribution in [1.29, 1.82) is 0 Å². The summed E-state index contributed by atoms with van der Waals surface area (Å²) in [6.45, 7) is 0. The number of rotatable bonds is 3. The number of hydrogen-bond acceptors (Lipinski definition) is 0. The monoisotopic (exact) mass is 390 g/mol. The van der Waals surface area contributed by atoms with Gasteiger partial charge in [0, 0.05) is 10.0 Å². The molecule has 25 heavy (non-hydrogen) atoms. The van der Waals surface area contributed by atoms with Crippen LogP contribution in [0.4, 0.5) is 4.39 Å². The molecule has 1 unspecified atom stereocenters. The van der Waals surface area contributed by atoms with E-state index < -0.39 is 0 Å². The molecular formula is C23H16BrF. The van der Waals surface area contributed by atoms with E-state index in [0.717, 1.165) is 21.2 Å². The van der Waals surface area contributed by atoms with Crippen LogP contribution in [0.2, 0.25) is 0 Å². The Hall–Kier alpha value is -2.63. The first kappa shape index (κ1) is 17.2. The van der Waals surface area contributed by atoms with Crippen molar-refractivity contribution >= 4 is 20.4 Å². The molecule has 0 aliphatic rings. The Morgan fingerprint density at radius 3 is 2.08 bits per heavy atom. The lowest BCUT2D eigenvalue weighted by Crippen LogP contribution is -1.93. The molecule has 122 valence electrons. The van der Waals surface area contributed by atoms with Crippen LogP contribution in [0.1, 0.15) is 22.6 Å². The average molecular weight is 391 g/mol. The van der Waals surface area contributed by atoms with Gasteiger partial charge in [0.15, 0.2) is 0 Å². The molecule has 0 N–H and O–H groups in total. The van der Waals surface area contributed by atoms with E-state index in [1.54, 1.807) is 12.1 Å². The molecule has 0 aromatic heterocycles. The van der Waals surface area contributed by atoms with Crippen molar-refractivity contribution in [3.05, 3.63) is 114 Å². The number of hydrogen-bond donors (Lipinski definition) is 0. The van der Waals surface area contributed by atoms with Crippen LogP contribution in [0.25, 0.3) is 4.48 Å². The summed E-state index contributed by atoms with van der Waals surface area (Å²) in [5.74, 6) is 6.11. The topological polar surface area (TPSA) is 0 Å². The third-order valence-electron chi connectivity index (χ3n) is 3.74. The van der Waals surface area contributed by atoms with Crippen molar-refractivity contribution in [2.75, 3.05) is 0 Å². The number of allylic oxidation sites excluding steroid dienone is 1. The predicted octanol–water partition coefficient (Wildman–Crippen LogP) is 6.40. The predicted molar refractivity (Wildman–Crippen MR) is 106 cm³/mol. The zero-order valence-electron chi connectivity index (χ0n) is 13.5. The maximum absolute atomic E-state index is 13.3. The molecule has 0 bridgehead atoms. The highest BCUT2D eigenvalue weighted by Gasteiger charge is 2.08. The maximum Gasteiger partial charge on any atom is 0.123 e. The SMILES string of the molecule is Fc1ccc(C(C#Cc2ccccc2)/C=C(\Br)c2ccccc2)cc1. The molecule has 0 amide bonds. The van der Waals surface area contributed by atoms with Gasteiger partial charge < -0.3 is 0 Å². The van der Waals surface area contributed by atoms with Gasteiger partial charge in [-0.05, 0) is 35.4 Å². The van der Waals surface area contributed by atoms with E-state index in [9.17, 15) is 4.39 Å². The number of halogens is 2. The zero-order chi connectivity index (χ0) is 17.5. The summed E-state index contributed by atoms with van der Waals surface area (Å²) < 4.78 is 14.2. The summed E-state index contributed by atoms with van der Waals surface area (Å²) in [5, 5.41) is 0. The fraction of sp³-hybridized carbons (Fsp3) is 0.0435. The van der Waals surface area contributed by atoms with Crippen LogP contribution in [-0.2, 0) is 0 Å². The van der Waals surface area contributed by atoms with Crippen LogP contribution in [0.3, 0.4) is 0 Å². The fourth-order valence-electron chi connectivity index (χ4n) is 2.41. The Morgan fingerprint density at radius 2 is 1.44 bits per heavy atom. The Morgan fingerprint density at radius 1 is 0.840 bits per heavy atom. The molecule has 0 aliphatic heterocycles. The van der Waals surface area contributed by atoms with Crippen LogP contribution in [0, 0.1) is 17.7 Å². The lowest BCUT2D eigenvalue weighted by molar-refractivity contribution is 0.627. The smallest absolute Gasteiger partial charge is 0.123 e. The van der Waals surface area contributed by atoms with Crippen molar-refractivity contribution in [2.24, 2.45) is 0 Å². The summed E-state index contributed by atoms with van der Waals surface area (Å²) >= 11 is 3.64. The minimum absolute atomic E-state index is 0.143. The van der Waals surface area contributed by atoms with Gasteiger partial charge in [0.1, 0.15) is 5.82 Å². The van der Waals surface area contributed by atoms with Gasteiger partial charge in [0.05, 0.1) is 5.92 Å². The zero-order valence-corrected chi connectivity index (χ0v) is 15.1. The van der Waals surface area contributed by atoms with Gasteiger partial charge in [-0.1, -0.05) is 94.5 Å². The van der Waals surface area contributed by atoms with E-state index in [1.807, 2.05) is 60.7 Å². The van der Waals surface area contributed by atoms with Crippen molar-refractivity contribution < 1.29 is 4.39 Å². The molecule has 0 fully saturated rings. The van der Waals surface area contributed by atoms with E-state index in [4.69, 9.17) is 0 Å². The molecule has 0 nitrogen and oxygen atoms in total. The van der Waals surface area contributed by atoms with Gasteiger partial charge in [-0.3, -0.25) is 0 Å². The summed E-state index contributed by atoms with van der Waals surface area (Å²) in [4.78, 5) is 0. The maximum atomic E-state index is 13.3. The highest BCUT2D eigenvalue weighted by molar-refractivity contribution is 9.15. The first-order valence-electron chi connectivity index (χ1n) is 7.97. The Bertz CT molecular complexity index is 901. The summed E-state index contributed by atoms with van der Waals surface area (Å²) in [5.41, 5.74) is 2.99. The lowest BCUT2D eigenvalue weighted by Gasteiger charge is -2.08. The van der Waals surface area contributed by atoms with Crippen LogP contribution < -0.4 is 0 Å². The molecule has 2 heteroatoms. The van der Waals surface area contributed by atoms with E-state index in [-0.39, 0.29) is 11.7 Å². The van der Waals surface area contributed by atoms with E-state index in [2.05, 4.69) is 33.8 Å². The molecule has 3 rings (SSSR count). The minimum atomic E-state index is -0.246. The van der Waals surface area contributed by atoms with E-state index >= 15 is 0 Å². The van der Waals surface area contributed by atoms with Gasteiger partial charge in [-0.25, -0.2) is 4.39 Å². The highest BCUT2D eigenvalue weighted by atomic mass is 79.9. The Labute approximate surface area is 156 Å². The first-order chi connectivity index (χ1) is 12.2. The second-order valence-electron chi connectivity index (χ2n) is 5.55. The summed E-state index contributed by atoms with van der Waals surface area (Å²) in [7, 11) is 0. The lowest BCUT2D eigenvalue weighted by atomic mass is 9.97. The fourth-order valence-corrected chi connectivity index (χ4v) is 2.94. The normalized spacial score (nSPS) is 12.2.